The van der Waals surface area contributed by atoms with E-state index in [-0.39, 0.29) is 0 Å². The molecule has 0 aromatic carbocycles. The summed E-state index contributed by atoms with van der Waals surface area (Å²) in [6.45, 7) is 11.5. The number of hydrogen-bond donors (Lipinski definition) is 0. The lowest BCUT2D eigenvalue weighted by atomic mass is 9.89. The molecule has 0 aromatic rings. The molecule has 0 aliphatic carbocycles. The van der Waals surface area contributed by atoms with Crippen molar-refractivity contribution in [2.24, 2.45) is 11.3 Å². The molecule has 74 valence electrons. The third-order valence-electron chi connectivity index (χ3n) is 2.13. The molecule has 1 heteroatoms. The van der Waals surface area contributed by atoms with E-state index in [1.165, 1.54) is 19.3 Å². The van der Waals surface area contributed by atoms with E-state index in [1.807, 2.05) is 0 Å². The molecule has 0 nitrogen and oxygen atoms in total. The number of halogens is 1. The lowest BCUT2D eigenvalue weighted by molar-refractivity contribution is 0.354. The van der Waals surface area contributed by atoms with Crippen LogP contribution in [-0.4, -0.2) is 4.83 Å². The van der Waals surface area contributed by atoms with E-state index >= 15 is 0 Å². The highest BCUT2D eigenvalue weighted by atomic mass is 79.9. The zero-order valence-corrected chi connectivity index (χ0v) is 10.7. The maximum Gasteiger partial charge on any atom is 0.0168 e. The Kier molecular flexibility index (Phi) is 5.47. The lowest BCUT2D eigenvalue weighted by Gasteiger charge is -2.20. The maximum absolute atomic E-state index is 3.71. The molecule has 0 rings (SSSR count). The van der Waals surface area contributed by atoms with Gasteiger partial charge < -0.3 is 0 Å². The summed E-state index contributed by atoms with van der Waals surface area (Å²) in [6.07, 6.45) is 3.99. The highest BCUT2D eigenvalue weighted by Crippen LogP contribution is 2.25. The van der Waals surface area contributed by atoms with Crippen LogP contribution in [0.1, 0.15) is 53.9 Å². The Hall–Kier alpha value is 0.480. The molecule has 0 aliphatic heterocycles. The van der Waals surface area contributed by atoms with E-state index in [1.54, 1.807) is 0 Å². The predicted molar refractivity (Wildman–Crippen MR) is 60.9 cm³/mol. The Morgan fingerprint density at radius 1 is 1.17 bits per heavy atom. The molecular formula is C11H23Br. The van der Waals surface area contributed by atoms with Gasteiger partial charge in [0.2, 0.25) is 0 Å². The topological polar surface area (TPSA) is 0 Å². The minimum atomic E-state index is 0.504. The van der Waals surface area contributed by atoms with Gasteiger partial charge in [-0.2, -0.15) is 0 Å². The molecule has 0 saturated heterocycles. The third kappa shape index (κ3) is 7.15. The molecule has 12 heavy (non-hydrogen) atoms. The summed E-state index contributed by atoms with van der Waals surface area (Å²) in [4.78, 5) is 0.708. The molecule has 0 heterocycles. The van der Waals surface area contributed by atoms with Gasteiger partial charge in [-0.25, -0.2) is 0 Å². The molecule has 0 amide bonds. The highest BCUT2D eigenvalue weighted by molar-refractivity contribution is 9.09. The lowest BCUT2D eigenvalue weighted by Crippen LogP contribution is -2.10. The van der Waals surface area contributed by atoms with Crippen molar-refractivity contribution in [1.29, 1.82) is 0 Å². The van der Waals surface area contributed by atoms with E-state index in [0.29, 0.717) is 10.2 Å². The summed E-state index contributed by atoms with van der Waals surface area (Å²) in [7, 11) is 0. The molecule has 1 atom stereocenters. The third-order valence-corrected chi connectivity index (χ3v) is 3.65. The van der Waals surface area contributed by atoms with Gasteiger partial charge in [0.05, 0.1) is 0 Å². The minimum Gasteiger partial charge on any atom is -0.0888 e. The molecule has 0 aromatic heterocycles. The summed E-state index contributed by atoms with van der Waals surface area (Å²) >= 11 is 3.71. The number of hydrogen-bond acceptors (Lipinski definition) is 0. The van der Waals surface area contributed by atoms with Gasteiger partial charge in [-0.3, -0.25) is 0 Å². The smallest absolute Gasteiger partial charge is 0.0168 e. The molecular weight excluding hydrogens is 212 g/mol. The molecule has 0 aliphatic rings. The first kappa shape index (κ1) is 12.5. The average molecular weight is 235 g/mol. The Labute approximate surface area is 86.3 Å². The van der Waals surface area contributed by atoms with Gasteiger partial charge in [0, 0.05) is 4.83 Å². The molecule has 0 bridgehead atoms. The maximum atomic E-state index is 3.71. The molecule has 0 radical (unpaired) electrons. The van der Waals surface area contributed by atoms with Crippen LogP contribution in [0.4, 0.5) is 0 Å². The zero-order valence-electron chi connectivity index (χ0n) is 9.15. The standard InChI is InChI=1S/C11H23Br/c1-9(2)10(12)7-6-8-11(3,4)5/h9-10H,6-8H2,1-5H3. The summed E-state index contributed by atoms with van der Waals surface area (Å²) in [6, 6.07) is 0. The van der Waals surface area contributed by atoms with Crippen molar-refractivity contribution in [3.8, 4) is 0 Å². The van der Waals surface area contributed by atoms with Gasteiger partial charge >= 0.3 is 0 Å². The second kappa shape index (κ2) is 5.26. The summed E-state index contributed by atoms with van der Waals surface area (Å²) in [5.74, 6) is 0.768. The van der Waals surface area contributed by atoms with Crippen LogP contribution in [0.5, 0.6) is 0 Å². The van der Waals surface area contributed by atoms with Gasteiger partial charge in [0.15, 0.2) is 0 Å². The fourth-order valence-corrected chi connectivity index (χ4v) is 1.48. The largest absolute Gasteiger partial charge is 0.0888 e. The van der Waals surface area contributed by atoms with Crippen LogP contribution in [0.15, 0.2) is 0 Å². The predicted octanol–water partition coefficient (Wildman–Crippen LogP) is 4.62. The van der Waals surface area contributed by atoms with Crippen molar-refractivity contribution < 1.29 is 0 Å². The van der Waals surface area contributed by atoms with E-state index in [2.05, 4.69) is 50.5 Å². The zero-order chi connectivity index (χ0) is 9.78. The van der Waals surface area contributed by atoms with E-state index < -0.39 is 0 Å². The monoisotopic (exact) mass is 234 g/mol. The van der Waals surface area contributed by atoms with E-state index in [9.17, 15) is 0 Å². The first-order valence-electron chi connectivity index (χ1n) is 4.97. The Morgan fingerprint density at radius 3 is 2.00 bits per heavy atom. The van der Waals surface area contributed by atoms with Crippen LogP contribution in [0, 0.1) is 11.3 Å². The highest BCUT2D eigenvalue weighted by Gasteiger charge is 2.13. The second-order valence-corrected chi connectivity index (χ2v) is 6.39. The van der Waals surface area contributed by atoms with Crippen LogP contribution < -0.4 is 0 Å². The second-order valence-electron chi connectivity index (χ2n) is 5.21. The van der Waals surface area contributed by atoms with Gasteiger partial charge in [-0.15, -0.1) is 0 Å². The fourth-order valence-electron chi connectivity index (χ4n) is 1.16. The van der Waals surface area contributed by atoms with Crippen LogP contribution in [0.25, 0.3) is 0 Å². The van der Waals surface area contributed by atoms with Crippen molar-refractivity contribution in [2.75, 3.05) is 0 Å². The summed E-state index contributed by atoms with van der Waals surface area (Å²) < 4.78 is 0. The van der Waals surface area contributed by atoms with Crippen molar-refractivity contribution in [2.45, 2.75) is 58.7 Å². The Balaban J connectivity index is 3.44. The van der Waals surface area contributed by atoms with Gasteiger partial charge in [0.25, 0.3) is 0 Å². The minimum absolute atomic E-state index is 0.504. The van der Waals surface area contributed by atoms with Gasteiger partial charge in [-0.05, 0) is 24.2 Å². The van der Waals surface area contributed by atoms with Gasteiger partial charge in [0.1, 0.15) is 0 Å². The molecule has 0 N–H and O–H groups in total. The first-order valence-corrected chi connectivity index (χ1v) is 5.88. The van der Waals surface area contributed by atoms with Crippen molar-refractivity contribution in [1.82, 2.24) is 0 Å². The average Bonchev–Trinajstić information content (AvgIpc) is 1.84. The van der Waals surface area contributed by atoms with E-state index in [4.69, 9.17) is 0 Å². The quantitative estimate of drug-likeness (QED) is 0.623. The fraction of sp³-hybridized carbons (Fsp3) is 1.00. The normalized spacial score (nSPS) is 15.2. The van der Waals surface area contributed by atoms with Crippen LogP contribution >= 0.6 is 15.9 Å². The number of rotatable bonds is 4. The van der Waals surface area contributed by atoms with Crippen LogP contribution in [0.3, 0.4) is 0 Å². The Bertz CT molecular complexity index is 111. The molecule has 1 unspecified atom stereocenters. The summed E-state index contributed by atoms with van der Waals surface area (Å²) in [5.41, 5.74) is 0.504. The summed E-state index contributed by atoms with van der Waals surface area (Å²) in [5, 5.41) is 0. The van der Waals surface area contributed by atoms with Crippen LogP contribution in [0.2, 0.25) is 0 Å². The van der Waals surface area contributed by atoms with Crippen molar-refractivity contribution in [3.63, 3.8) is 0 Å². The Morgan fingerprint density at radius 2 is 1.67 bits per heavy atom. The van der Waals surface area contributed by atoms with Gasteiger partial charge in [-0.1, -0.05) is 57.0 Å². The SMILES string of the molecule is CC(C)C(Br)CCCC(C)(C)C. The van der Waals surface area contributed by atoms with E-state index in [0.717, 1.165) is 5.92 Å². The molecule has 0 saturated carbocycles. The molecule has 0 spiro atoms. The van der Waals surface area contributed by atoms with Crippen LogP contribution in [-0.2, 0) is 0 Å². The van der Waals surface area contributed by atoms with Crippen molar-refractivity contribution >= 4 is 15.9 Å². The molecule has 0 fully saturated rings. The first-order chi connectivity index (χ1) is 5.33. The van der Waals surface area contributed by atoms with Crippen molar-refractivity contribution in [3.05, 3.63) is 0 Å². The number of alkyl halides is 1.